The van der Waals surface area contributed by atoms with Gasteiger partial charge in [0.05, 0.1) is 19.0 Å². The van der Waals surface area contributed by atoms with E-state index in [1.54, 1.807) is 19.2 Å². The van der Waals surface area contributed by atoms with Gasteiger partial charge in [-0.05, 0) is 12.0 Å². The highest BCUT2D eigenvalue weighted by Crippen LogP contribution is 2.32. The van der Waals surface area contributed by atoms with Crippen LogP contribution in [0.3, 0.4) is 0 Å². The number of anilines is 2. The SMILES string of the molecule is COc1ccc(Oc2cnc(N)nc2N)c(C(C)C)n1. The van der Waals surface area contributed by atoms with Gasteiger partial charge in [0.15, 0.2) is 11.6 Å². The van der Waals surface area contributed by atoms with Gasteiger partial charge in [0, 0.05) is 6.07 Å². The molecule has 2 aromatic rings. The van der Waals surface area contributed by atoms with Gasteiger partial charge < -0.3 is 20.9 Å². The number of rotatable bonds is 4. The minimum absolute atomic E-state index is 0.104. The van der Waals surface area contributed by atoms with Crippen LogP contribution in [0.25, 0.3) is 0 Å². The number of methoxy groups -OCH3 is 1. The molecule has 0 unspecified atom stereocenters. The first-order valence-electron chi connectivity index (χ1n) is 6.12. The molecule has 2 heterocycles. The Hall–Kier alpha value is -2.57. The number of nitrogens with two attached hydrogens (primary N) is 2. The highest BCUT2D eigenvalue weighted by atomic mass is 16.5. The van der Waals surface area contributed by atoms with Crippen LogP contribution in [0, 0.1) is 0 Å². The van der Waals surface area contributed by atoms with E-state index in [2.05, 4.69) is 15.0 Å². The van der Waals surface area contributed by atoms with Crippen LogP contribution in [-0.2, 0) is 0 Å². The topological polar surface area (TPSA) is 109 Å². The molecule has 106 valence electrons. The fraction of sp³-hybridized carbons (Fsp3) is 0.308. The lowest BCUT2D eigenvalue weighted by Crippen LogP contribution is -2.04. The Bertz CT molecular complexity index is 616. The first-order chi connectivity index (χ1) is 9.51. The average Bonchev–Trinajstić information content (AvgIpc) is 2.42. The molecule has 0 aliphatic rings. The Morgan fingerprint density at radius 1 is 1.10 bits per heavy atom. The van der Waals surface area contributed by atoms with E-state index < -0.39 is 0 Å². The molecule has 4 N–H and O–H groups in total. The molecular weight excluding hydrogens is 258 g/mol. The monoisotopic (exact) mass is 275 g/mol. The van der Waals surface area contributed by atoms with E-state index in [1.807, 2.05) is 13.8 Å². The van der Waals surface area contributed by atoms with Gasteiger partial charge in [0.2, 0.25) is 11.8 Å². The molecule has 0 aliphatic carbocycles. The second kappa shape index (κ2) is 5.60. The summed E-state index contributed by atoms with van der Waals surface area (Å²) in [6.07, 6.45) is 1.44. The van der Waals surface area contributed by atoms with Crippen LogP contribution in [0.15, 0.2) is 18.3 Å². The summed E-state index contributed by atoms with van der Waals surface area (Å²) in [5.74, 6) is 1.90. The first-order valence-corrected chi connectivity index (χ1v) is 6.12. The van der Waals surface area contributed by atoms with Crippen LogP contribution in [0.4, 0.5) is 11.8 Å². The van der Waals surface area contributed by atoms with Crippen LogP contribution in [0.2, 0.25) is 0 Å². The maximum Gasteiger partial charge on any atom is 0.222 e. The summed E-state index contributed by atoms with van der Waals surface area (Å²) in [5, 5.41) is 0. The lowest BCUT2D eigenvalue weighted by atomic mass is 10.1. The fourth-order valence-corrected chi connectivity index (χ4v) is 1.65. The fourth-order valence-electron chi connectivity index (χ4n) is 1.65. The summed E-state index contributed by atoms with van der Waals surface area (Å²) in [4.78, 5) is 12.1. The predicted octanol–water partition coefficient (Wildman–Crippen LogP) is 1.96. The van der Waals surface area contributed by atoms with Crippen molar-refractivity contribution in [3.63, 3.8) is 0 Å². The number of nitrogens with zero attached hydrogens (tertiary/aromatic N) is 3. The third-order valence-electron chi connectivity index (χ3n) is 2.64. The van der Waals surface area contributed by atoms with E-state index in [0.717, 1.165) is 5.69 Å². The van der Waals surface area contributed by atoms with Crippen LogP contribution >= 0.6 is 0 Å². The largest absolute Gasteiger partial charge is 0.481 e. The van der Waals surface area contributed by atoms with Crippen LogP contribution in [0.1, 0.15) is 25.5 Å². The molecule has 0 aliphatic heterocycles. The second-order valence-electron chi connectivity index (χ2n) is 4.47. The molecule has 2 rings (SSSR count). The van der Waals surface area contributed by atoms with E-state index in [-0.39, 0.29) is 17.7 Å². The predicted molar refractivity (Wildman–Crippen MR) is 75.8 cm³/mol. The molecule has 0 saturated heterocycles. The molecule has 0 saturated carbocycles. The molecule has 0 fully saturated rings. The Balaban J connectivity index is 2.37. The number of aromatic nitrogens is 3. The molecule has 7 heteroatoms. The second-order valence-corrected chi connectivity index (χ2v) is 4.47. The summed E-state index contributed by atoms with van der Waals surface area (Å²) in [5.41, 5.74) is 12.0. The number of nitrogen functional groups attached to an aromatic ring is 2. The summed E-state index contributed by atoms with van der Waals surface area (Å²) in [6.45, 7) is 4.02. The third-order valence-corrected chi connectivity index (χ3v) is 2.64. The van der Waals surface area contributed by atoms with E-state index >= 15 is 0 Å². The summed E-state index contributed by atoms with van der Waals surface area (Å²) < 4.78 is 10.8. The molecule has 0 atom stereocenters. The van der Waals surface area contributed by atoms with Gasteiger partial charge in [-0.1, -0.05) is 13.8 Å². The highest BCUT2D eigenvalue weighted by Gasteiger charge is 2.14. The molecule has 20 heavy (non-hydrogen) atoms. The maximum atomic E-state index is 5.75. The molecule has 0 amide bonds. The Labute approximate surface area is 117 Å². The summed E-state index contributed by atoms with van der Waals surface area (Å²) in [7, 11) is 1.57. The zero-order valence-corrected chi connectivity index (χ0v) is 11.6. The van der Waals surface area contributed by atoms with Gasteiger partial charge in [-0.2, -0.15) is 4.98 Å². The summed E-state index contributed by atoms with van der Waals surface area (Å²) >= 11 is 0. The Morgan fingerprint density at radius 3 is 2.45 bits per heavy atom. The number of pyridine rings is 1. The van der Waals surface area contributed by atoms with E-state index in [0.29, 0.717) is 17.4 Å². The van der Waals surface area contributed by atoms with Crippen molar-refractivity contribution < 1.29 is 9.47 Å². The number of hydrogen-bond acceptors (Lipinski definition) is 7. The third kappa shape index (κ3) is 2.87. The van der Waals surface area contributed by atoms with Gasteiger partial charge in [-0.3, -0.25) is 0 Å². The minimum Gasteiger partial charge on any atom is -0.481 e. The smallest absolute Gasteiger partial charge is 0.222 e. The Morgan fingerprint density at radius 2 is 1.85 bits per heavy atom. The maximum absolute atomic E-state index is 5.75. The standard InChI is InChI=1S/C13H17N5O2/c1-7(2)11-8(4-5-10(17-11)19-3)20-9-6-16-13(15)18-12(9)14/h4-7H,1-3H3,(H4,14,15,16,18). The van der Waals surface area contributed by atoms with Gasteiger partial charge >= 0.3 is 0 Å². The van der Waals surface area contributed by atoms with E-state index in [4.69, 9.17) is 20.9 Å². The summed E-state index contributed by atoms with van der Waals surface area (Å²) in [6, 6.07) is 3.49. The number of hydrogen-bond donors (Lipinski definition) is 2. The van der Waals surface area contributed by atoms with Gasteiger partial charge in [0.1, 0.15) is 5.75 Å². The van der Waals surface area contributed by atoms with Crippen LogP contribution in [-0.4, -0.2) is 22.1 Å². The molecule has 0 spiro atoms. The quantitative estimate of drug-likeness (QED) is 0.877. The van der Waals surface area contributed by atoms with Gasteiger partial charge in [-0.25, -0.2) is 9.97 Å². The van der Waals surface area contributed by atoms with Crippen molar-refractivity contribution in [1.29, 1.82) is 0 Å². The number of ether oxygens (including phenoxy) is 2. The molecule has 0 radical (unpaired) electrons. The van der Waals surface area contributed by atoms with E-state index in [1.165, 1.54) is 6.20 Å². The lowest BCUT2D eigenvalue weighted by Gasteiger charge is -2.14. The Kier molecular flexibility index (Phi) is 3.88. The minimum atomic E-state index is 0.104. The van der Waals surface area contributed by atoms with E-state index in [9.17, 15) is 0 Å². The zero-order chi connectivity index (χ0) is 14.7. The average molecular weight is 275 g/mol. The van der Waals surface area contributed by atoms with Crippen molar-refractivity contribution in [3.05, 3.63) is 24.0 Å². The van der Waals surface area contributed by atoms with Crippen molar-refractivity contribution in [2.45, 2.75) is 19.8 Å². The van der Waals surface area contributed by atoms with Crippen molar-refractivity contribution in [1.82, 2.24) is 15.0 Å². The zero-order valence-electron chi connectivity index (χ0n) is 11.6. The first kappa shape index (κ1) is 13.9. The molecule has 2 aromatic heterocycles. The normalized spacial score (nSPS) is 10.6. The van der Waals surface area contributed by atoms with Crippen molar-refractivity contribution in [3.8, 4) is 17.4 Å². The van der Waals surface area contributed by atoms with Gasteiger partial charge in [0.25, 0.3) is 0 Å². The van der Waals surface area contributed by atoms with Crippen LogP contribution < -0.4 is 20.9 Å². The van der Waals surface area contributed by atoms with Crippen molar-refractivity contribution >= 4 is 11.8 Å². The lowest BCUT2D eigenvalue weighted by molar-refractivity contribution is 0.390. The van der Waals surface area contributed by atoms with Gasteiger partial charge in [-0.15, -0.1) is 0 Å². The van der Waals surface area contributed by atoms with Crippen LogP contribution in [0.5, 0.6) is 17.4 Å². The van der Waals surface area contributed by atoms with Crippen molar-refractivity contribution in [2.75, 3.05) is 18.6 Å². The highest BCUT2D eigenvalue weighted by molar-refractivity contribution is 5.49. The van der Waals surface area contributed by atoms with Crippen molar-refractivity contribution in [2.24, 2.45) is 0 Å². The molecule has 0 aromatic carbocycles. The molecular formula is C13H17N5O2. The molecule has 7 nitrogen and oxygen atoms in total. The molecule has 0 bridgehead atoms.